The molecule has 0 aliphatic heterocycles. The number of carboxylic acid groups (broad SMARTS) is 1. The van der Waals surface area contributed by atoms with Gasteiger partial charge < -0.3 is 15.2 Å². The summed E-state index contributed by atoms with van der Waals surface area (Å²) in [6.45, 7) is 2.69. The van der Waals surface area contributed by atoms with Crippen LogP contribution in [0.5, 0.6) is 0 Å². The van der Waals surface area contributed by atoms with Crippen molar-refractivity contribution in [1.82, 2.24) is 5.32 Å². The average Bonchev–Trinajstić information content (AvgIpc) is 2.48. The summed E-state index contributed by atoms with van der Waals surface area (Å²) < 4.78 is 5.51. The predicted molar refractivity (Wildman–Crippen MR) is 79.8 cm³/mol. The van der Waals surface area contributed by atoms with Crippen molar-refractivity contribution < 1.29 is 19.4 Å². The lowest BCUT2D eigenvalue weighted by Crippen LogP contribution is -2.35. The van der Waals surface area contributed by atoms with Crippen LogP contribution < -0.4 is 5.32 Å². The molecule has 0 fully saturated rings. The zero-order valence-electron chi connectivity index (χ0n) is 12.4. The number of nitrogens with one attached hydrogen (secondary N) is 1. The second-order valence-corrected chi connectivity index (χ2v) is 4.93. The van der Waals surface area contributed by atoms with E-state index in [1.165, 1.54) is 0 Å². The maximum atomic E-state index is 11.8. The van der Waals surface area contributed by atoms with Gasteiger partial charge in [0.25, 0.3) is 0 Å². The Labute approximate surface area is 125 Å². The van der Waals surface area contributed by atoms with Crippen molar-refractivity contribution in [2.24, 2.45) is 0 Å². The molecule has 1 unspecified atom stereocenters. The number of amides is 1. The Morgan fingerprint density at radius 1 is 1.19 bits per heavy atom. The molecule has 0 aliphatic carbocycles. The Hall–Kier alpha value is -1.88. The third kappa shape index (κ3) is 8.09. The van der Waals surface area contributed by atoms with Crippen molar-refractivity contribution in [1.29, 1.82) is 0 Å². The molecule has 1 aromatic rings. The molecule has 21 heavy (non-hydrogen) atoms. The fourth-order valence-electron chi connectivity index (χ4n) is 1.80. The van der Waals surface area contributed by atoms with Crippen LogP contribution in [0.25, 0.3) is 0 Å². The van der Waals surface area contributed by atoms with Gasteiger partial charge in [-0.15, -0.1) is 0 Å². The van der Waals surface area contributed by atoms with Crippen molar-refractivity contribution in [3.63, 3.8) is 0 Å². The van der Waals surface area contributed by atoms with E-state index in [0.717, 1.165) is 18.4 Å². The van der Waals surface area contributed by atoms with E-state index < -0.39 is 12.1 Å². The van der Waals surface area contributed by atoms with Crippen molar-refractivity contribution in [3.05, 3.63) is 35.9 Å². The molecule has 0 aliphatic rings. The number of rotatable bonds is 10. The first-order valence-corrected chi connectivity index (χ1v) is 7.24. The predicted octanol–water partition coefficient (Wildman–Crippen LogP) is 2.35. The molecule has 0 aromatic heterocycles. The van der Waals surface area contributed by atoms with Gasteiger partial charge in [0.2, 0.25) is 5.91 Å². The molecule has 1 atom stereocenters. The van der Waals surface area contributed by atoms with E-state index >= 15 is 0 Å². The van der Waals surface area contributed by atoms with Crippen LogP contribution in [0.15, 0.2) is 30.3 Å². The van der Waals surface area contributed by atoms with E-state index in [0.29, 0.717) is 19.6 Å². The van der Waals surface area contributed by atoms with Gasteiger partial charge in [-0.2, -0.15) is 0 Å². The number of carbonyl (C=O) groups is 2. The summed E-state index contributed by atoms with van der Waals surface area (Å²) in [5.74, 6) is -0.911. The van der Waals surface area contributed by atoms with Crippen LogP contribution in [-0.4, -0.2) is 29.6 Å². The van der Waals surface area contributed by atoms with Crippen LogP contribution >= 0.6 is 0 Å². The second kappa shape index (κ2) is 9.94. The average molecular weight is 293 g/mol. The lowest BCUT2D eigenvalue weighted by atomic mass is 10.2. The molecule has 0 saturated heterocycles. The molecule has 1 rings (SSSR count). The highest BCUT2D eigenvalue weighted by atomic mass is 16.5. The molecule has 1 amide bonds. The number of carboxylic acids is 1. The summed E-state index contributed by atoms with van der Waals surface area (Å²) in [7, 11) is 0. The Morgan fingerprint density at radius 2 is 1.90 bits per heavy atom. The van der Waals surface area contributed by atoms with Crippen molar-refractivity contribution in [3.8, 4) is 0 Å². The van der Waals surface area contributed by atoms with Crippen LogP contribution in [0.2, 0.25) is 0 Å². The van der Waals surface area contributed by atoms with Crippen LogP contribution in [0, 0.1) is 0 Å². The minimum absolute atomic E-state index is 0.135. The molecule has 0 bridgehead atoms. The second-order valence-electron chi connectivity index (χ2n) is 4.93. The number of unbranched alkanes of at least 4 members (excludes halogenated alkanes) is 2. The lowest BCUT2D eigenvalue weighted by molar-refractivity contribution is -0.137. The highest BCUT2D eigenvalue weighted by molar-refractivity contribution is 5.80. The fourth-order valence-corrected chi connectivity index (χ4v) is 1.80. The number of ether oxygens (including phenoxy) is 1. The van der Waals surface area contributed by atoms with E-state index in [1.54, 1.807) is 6.92 Å². The SMILES string of the molecule is CC(OCc1ccccc1)C(=O)NCCCCCC(=O)O. The standard InChI is InChI=1S/C16H23NO4/c1-13(21-12-14-8-4-2-5-9-14)16(20)17-11-7-3-6-10-15(18)19/h2,4-5,8-9,13H,3,6-7,10-12H2,1H3,(H,17,20)(H,18,19). The minimum atomic E-state index is -0.776. The van der Waals surface area contributed by atoms with Gasteiger partial charge in [-0.25, -0.2) is 0 Å². The zero-order valence-corrected chi connectivity index (χ0v) is 12.4. The van der Waals surface area contributed by atoms with Crippen molar-refractivity contribution >= 4 is 11.9 Å². The van der Waals surface area contributed by atoms with Gasteiger partial charge >= 0.3 is 5.97 Å². The molecule has 5 nitrogen and oxygen atoms in total. The van der Waals surface area contributed by atoms with E-state index in [2.05, 4.69) is 5.32 Å². The third-order valence-electron chi connectivity index (χ3n) is 3.08. The first kappa shape index (κ1) is 17.2. The van der Waals surface area contributed by atoms with Crippen LogP contribution in [0.4, 0.5) is 0 Å². The quantitative estimate of drug-likeness (QED) is 0.649. The molecule has 116 valence electrons. The van der Waals surface area contributed by atoms with Gasteiger partial charge in [0.05, 0.1) is 6.61 Å². The number of aliphatic carboxylic acids is 1. The van der Waals surface area contributed by atoms with Crippen molar-refractivity contribution in [2.45, 2.75) is 45.3 Å². The molecule has 0 heterocycles. The van der Waals surface area contributed by atoms with E-state index in [9.17, 15) is 9.59 Å². The van der Waals surface area contributed by atoms with Gasteiger partial charge in [-0.3, -0.25) is 9.59 Å². The maximum Gasteiger partial charge on any atom is 0.303 e. The number of hydrogen-bond acceptors (Lipinski definition) is 3. The third-order valence-corrected chi connectivity index (χ3v) is 3.08. The van der Waals surface area contributed by atoms with Crippen LogP contribution in [-0.2, 0) is 20.9 Å². The molecular formula is C16H23NO4. The van der Waals surface area contributed by atoms with E-state index in [-0.39, 0.29) is 12.3 Å². The van der Waals surface area contributed by atoms with Crippen molar-refractivity contribution in [2.75, 3.05) is 6.54 Å². The summed E-state index contributed by atoms with van der Waals surface area (Å²) in [5, 5.41) is 11.3. The van der Waals surface area contributed by atoms with Crippen LogP contribution in [0.3, 0.4) is 0 Å². The molecule has 0 radical (unpaired) electrons. The Bertz CT molecular complexity index is 433. The first-order valence-electron chi connectivity index (χ1n) is 7.24. The van der Waals surface area contributed by atoms with Gasteiger partial charge in [0.15, 0.2) is 0 Å². The molecule has 5 heteroatoms. The monoisotopic (exact) mass is 293 g/mol. The van der Waals surface area contributed by atoms with E-state index in [4.69, 9.17) is 9.84 Å². The lowest BCUT2D eigenvalue weighted by Gasteiger charge is -2.13. The molecule has 1 aromatic carbocycles. The molecule has 0 saturated carbocycles. The van der Waals surface area contributed by atoms with Gasteiger partial charge in [-0.1, -0.05) is 36.8 Å². The minimum Gasteiger partial charge on any atom is -0.481 e. The Morgan fingerprint density at radius 3 is 2.57 bits per heavy atom. The molecular weight excluding hydrogens is 270 g/mol. The smallest absolute Gasteiger partial charge is 0.303 e. The number of hydrogen-bond donors (Lipinski definition) is 2. The number of benzene rings is 1. The van der Waals surface area contributed by atoms with Crippen LogP contribution in [0.1, 0.15) is 38.2 Å². The summed E-state index contributed by atoms with van der Waals surface area (Å²) in [5.41, 5.74) is 1.03. The normalized spacial score (nSPS) is 11.9. The summed E-state index contributed by atoms with van der Waals surface area (Å²) >= 11 is 0. The fraction of sp³-hybridized carbons (Fsp3) is 0.500. The topological polar surface area (TPSA) is 75.6 Å². The maximum absolute atomic E-state index is 11.8. The largest absolute Gasteiger partial charge is 0.481 e. The summed E-state index contributed by atoms with van der Waals surface area (Å²) in [6, 6.07) is 9.70. The summed E-state index contributed by atoms with van der Waals surface area (Å²) in [6.07, 6.45) is 1.91. The summed E-state index contributed by atoms with van der Waals surface area (Å²) in [4.78, 5) is 22.1. The van der Waals surface area contributed by atoms with Gasteiger partial charge in [-0.05, 0) is 25.3 Å². The highest BCUT2D eigenvalue weighted by Gasteiger charge is 2.12. The van der Waals surface area contributed by atoms with Gasteiger partial charge in [0, 0.05) is 13.0 Å². The molecule has 0 spiro atoms. The van der Waals surface area contributed by atoms with Gasteiger partial charge in [0.1, 0.15) is 6.10 Å². The molecule has 2 N–H and O–H groups in total. The number of carbonyl (C=O) groups excluding carboxylic acids is 1. The Kier molecular flexibility index (Phi) is 8.12. The first-order chi connectivity index (χ1) is 10.1. The van der Waals surface area contributed by atoms with E-state index in [1.807, 2.05) is 30.3 Å². The Balaban J connectivity index is 2.09. The highest BCUT2D eigenvalue weighted by Crippen LogP contribution is 2.04. The zero-order chi connectivity index (χ0) is 15.5.